The molecule has 1 aliphatic rings. The van der Waals surface area contributed by atoms with Crippen LogP contribution in [0.15, 0.2) is 0 Å². The van der Waals surface area contributed by atoms with Gasteiger partial charge in [0.25, 0.3) is 0 Å². The minimum absolute atomic E-state index is 0.282. The quantitative estimate of drug-likeness (QED) is 0.380. The normalized spacial score (nSPS) is 31.5. The predicted octanol–water partition coefficient (Wildman–Crippen LogP) is -1.13. The third kappa shape index (κ3) is 0.285. The Morgan fingerprint density at radius 2 is 2.50 bits per heavy atom. The monoisotopic (exact) mass is 87.0 g/mol. The van der Waals surface area contributed by atoms with Gasteiger partial charge in [-0.05, 0) is 0 Å². The smallest absolute Gasteiger partial charge is 0.326 e. The molecule has 0 bridgehead atoms. The fraction of sp³-hybridized carbons (Fsp3) is 0.667. The molecule has 0 aromatic heterocycles. The first-order valence-electron chi connectivity index (χ1n) is 1.73. The molecule has 0 aromatic carbocycles. The highest BCUT2D eigenvalue weighted by Gasteiger charge is 2.25. The predicted molar refractivity (Wildman–Crippen MR) is 18.9 cm³/mol. The maximum absolute atomic E-state index is 9.88. The Hall–Kier alpha value is -0.570. The minimum Gasteiger partial charge on any atom is -0.462 e. The molecule has 0 unspecified atom stereocenters. The van der Waals surface area contributed by atoms with Crippen molar-refractivity contribution in [1.29, 1.82) is 0 Å². The van der Waals surface area contributed by atoms with Gasteiger partial charge in [0.15, 0.2) is 0 Å². The van der Waals surface area contributed by atoms with Crippen LogP contribution in [0.4, 0.5) is 0 Å². The van der Waals surface area contributed by atoms with Crippen molar-refractivity contribution in [1.82, 2.24) is 0 Å². The van der Waals surface area contributed by atoms with Crippen molar-refractivity contribution >= 4 is 5.97 Å². The van der Waals surface area contributed by atoms with E-state index in [9.17, 15) is 4.79 Å². The fourth-order valence-corrected chi connectivity index (χ4v) is 0.248. The zero-order valence-corrected chi connectivity index (χ0v) is 3.18. The molecule has 3 heteroatoms. The van der Waals surface area contributed by atoms with Gasteiger partial charge in [-0.1, -0.05) is 0 Å². The molecule has 2 N–H and O–H groups in total. The number of hydrogen-bond donors (Lipinski definition) is 1. The van der Waals surface area contributed by atoms with Crippen LogP contribution < -0.4 is 5.73 Å². The van der Waals surface area contributed by atoms with E-state index in [2.05, 4.69) is 4.74 Å². The van der Waals surface area contributed by atoms with E-state index in [1.165, 1.54) is 0 Å². The summed E-state index contributed by atoms with van der Waals surface area (Å²) in [5.74, 6) is -0.282. The van der Waals surface area contributed by atoms with Crippen LogP contribution in [0, 0.1) is 0 Å². The van der Waals surface area contributed by atoms with Gasteiger partial charge in [0.1, 0.15) is 12.6 Å². The number of rotatable bonds is 0. The van der Waals surface area contributed by atoms with Crippen LogP contribution in [-0.2, 0) is 9.53 Å². The zero-order chi connectivity index (χ0) is 4.57. The van der Waals surface area contributed by atoms with Crippen LogP contribution in [0.5, 0.6) is 0 Å². The summed E-state index contributed by atoms with van der Waals surface area (Å²) in [6.07, 6.45) is 0. The van der Waals surface area contributed by atoms with Gasteiger partial charge in [0.2, 0.25) is 0 Å². The van der Waals surface area contributed by atoms with E-state index in [1.54, 1.807) is 0 Å². The SMILES string of the molecule is N[C@H]1COC1=O. The molecule has 0 aliphatic carbocycles. The third-order valence-electron chi connectivity index (χ3n) is 0.708. The van der Waals surface area contributed by atoms with Crippen LogP contribution in [0.2, 0.25) is 0 Å². The van der Waals surface area contributed by atoms with Gasteiger partial charge in [0, 0.05) is 0 Å². The van der Waals surface area contributed by atoms with Crippen LogP contribution in [0.3, 0.4) is 0 Å². The van der Waals surface area contributed by atoms with Crippen LogP contribution >= 0.6 is 0 Å². The Morgan fingerprint density at radius 3 is 2.50 bits per heavy atom. The van der Waals surface area contributed by atoms with Crippen molar-refractivity contribution < 1.29 is 9.53 Å². The van der Waals surface area contributed by atoms with E-state index in [0.717, 1.165) is 0 Å². The first-order chi connectivity index (χ1) is 2.80. The molecule has 6 heavy (non-hydrogen) atoms. The van der Waals surface area contributed by atoms with Crippen molar-refractivity contribution in [3.8, 4) is 0 Å². The van der Waals surface area contributed by atoms with E-state index in [-0.39, 0.29) is 12.0 Å². The summed E-state index contributed by atoms with van der Waals surface area (Å²) >= 11 is 0. The first-order valence-corrected chi connectivity index (χ1v) is 1.73. The summed E-state index contributed by atoms with van der Waals surface area (Å²) in [7, 11) is 0. The van der Waals surface area contributed by atoms with E-state index in [0.29, 0.717) is 6.61 Å². The molecule has 1 aliphatic heterocycles. The van der Waals surface area contributed by atoms with E-state index >= 15 is 0 Å². The summed E-state index contributed by atoms with van der Waals surface area (Å²) in [6, 6.07) is -0.329. The van der Waals surface area contributed by atoms with Crippen molar-refractivity contribution in [3.63, 3.8) is 0 Å². The zero-order valence-electron chi connectivity index (χ0n) is 3.18. The molecule has 3 nitrogen and oxygen atoms in total. The molecular weight excluding hydrogens is 82.0 g/mol. The lowest BCUT2D eigenvalue weighted by Crippen LogP contribution is -2.47. The summed E-state index contributed by atoms with van der Waals surface area (Å²) in [5.41, 5.74) is 5.05. The number of nitrogens with two attached hydrogens (primary N) is 1. The molecule has 0 spiro atoms. The van der Waals surface area contributed by atoms with Gasteiger partial charge < -0.3 is 10.5 Å². The Bertz CT molecular complexity index is 80.9. The number of carbonyl (C=O) groups excluding carboxylic acids is 1. The molecule has 0 amide bonds. The molecule has 1 heterocycles. The number of esters is 1. The highest BCUT2D eigenvalue weighted by atomic mass is 16.6. The Labute approximate surface area is 35.1 Å². The van der Waals surface area contributed by atoms with Crippen LogP contribution in [0.1, 0.15) is 0 Å². The number of ether oxygens (including phenoxy) is 1. The Kier molecular flexibility index (Phi) is 0.569. The van der Waals surface area contributed by atoms with Gasteiger partial charge in [-0.2, -0.15) is 0 Å². The lowest BCUT2D eigenvalue weighted by molar-refractivity contribution is -0.160. The van der Waals surface area contributed by atoms with E-state index in [4.69, 9.17) is 5.73 Å². The largest absolute Gasteiger partial charge is 0.462 e. The summed E-state index contributed by atoms with van der Waals surface area (Å²) in [4.78, 5) is 9.88. The first kappa shape index (κ1) is 3.61. The highest BCUT2D eigenvalue weighted by molar-refractivity contribution is 5.80. The molecule has 1 atom stereocenters. The van der Waals surface area contributed by atoms with Gasteiger partial charge in [-0.25, -0.2) is 0 Å². The van der Waals surface area contributed by atoms with Crippen LogP contribution in [-0.4, -0.2) is 18.6 Å². The molecule has 0 saturated carbocycles. The van der Waals surface area contributed by atoms with Crippen molar-refractivity contribution in [2.75, 3.05) is 6.61 Å². The average molecular weight is 87.1 g/mol. The Morgan fingerprint density at radius 1 is 2.00 bits per heavy atom. The van der Waals surface area contributed by atoms with Crippen molar-refractivity contribution in [2.45, 2.75) is 6.04 Å². The van der Waals surface area contributed by atoms with Crippen molar-refractivity contribution in [2.24, 2.45) is 5.73 Å². The summed E-state index contributed by atoms with van der Waals surface area (Å²) in [6.45, 7) is 0.402. The minimum atomic E-state index is -0.329. The van der Waals surface area contributed by atoms with Gasteiger partial charge in [-0.3, -0.25) is 4.79 Å². The summed E-state index contributed by atoms with van der Waals surface area (Å²) in [5, 5.41) is 0. The molecule has 0 radical (unpaired) electrons. The summed E-state index contributed by atoms with van der Waals surface area (Å²) < 4.78 is 4.28. The van der Waals surface area contributed by atoms with Gasteiger partial charge >= 0.3 is 5.97 Å². The highest BCUT2D eigenvalue weighted by Crippen LogP contribution is 1.96. The molecule has 1 rings (SSSR count). The number of carbonyl (C=O) groups is 1. The van der Waals surface area contributed by atoms with Gasteiger partial charge in [-0.15, -0.1) is 0 Å². The standard InChI is InChI=1S/C3H5NO2/c4-2-1-6-3(2)5/h2H,1,4H2/t2-/m0/s1. The average Bonchev–Trinajstić information content (AvgIpc) is 1.61. The lowest BCUT2D eigenvalue weighted by Gasteiger charge is -2.18. The van der Waals surface area contributed by atoms with Crippen LogP contribution in [0.25, 0.3) is 0 Å². The fourth-order valence-electron chi connectivity index (χ4n) is 0.248. The molecular formula is C3H5NO2. The topological polar surface area (TPSA) is 52.3 Å². The van der Waals surface area contributed by atoms with Crippen molar-refractivity contribution in [3.05, 3.63) is 0 Å². The maximum Gasteiger partial charge on any atom is 0.326 e. The maximum atomic E-state index is 9.88. The third-order valence-corrected chi connectivity index (χ3v) is 0.708. The second kappa shape index (κ2) is 0.944. The van der Waals surface area contributed by atoms with E-state index < -0.39 is 0 Å². The second-order valence-corrected chi connectivity index (χ2v) is 1.24. The molecule has 34 valence electrons. The van der Waals surface area contributed by atoms with E-state index in [1.807, 2.05) is 0 Å². The molecule has 1 saturated heterocycles. The van der Waals surface area contributed by atoms with Gasteiger partial charge in [0.05, 0.1) is 0 Å². The molecule has 1 fully saturated rings. The lowest BCUT2D eigenvalue weighted by atomic mass is 10.3. The second-order valence-electron chi connectivity index (χ2n) is 1.24. The Balaban J connectivity index is 2.39. The molecule has 0 aromatic rings. The number of cyclic esters (lactones) is 1. The number of hydrogen-bond acceptors (Lipinski definition) is 3.